The summed E-state index contributed by atoms with van der Waals surface area (Å²) in [5.74, 6) is -0.291. The van der Waals surface area contributed by atoms with Crippen molar-refractivity contribution < 1.29 is 18.0 Å². The van der Waals surface area contributed by atoms with Gasteiger partial charge in [0.1, 0.15) is 5.02 Å². The van der Waals surface area contributed by atoms with Crippen LogP contribution in [0.25, 0.3) is 0 Å². The second kappa shape index (κ2) is 5.64. The molecule has 0 aromatic carbocycles. The first-order valence-corrected chi connectivity index (χ1v) is 5.68. The highest BCUT2D eigenvalue weighted by Crippen LogP contribution is 2.29. The Bertz CT molecular complexity index is 538. The van der Waals surface area contributed by atoms with E-state index in [1.807, 2.05) is 0 Å². The lowest BCUT2D eigenvalue weighted by molar-refractivity contribution is -0.138. The molecule has 106 valence electrons. The van der Waals surface area contributed by atoms with Gasteiger partial charge in [0.05, 0.1) is 5.56 Å². The first kappa shape index (κ1) is 15.6. The van der Waals surface area contributed by atoms with E-state index in [0.717, 1.165) is 4.57 Å². The number of amides is 1. The zero-order valence-electron chi connectivity index (χ0n) is 10.3. The van der Waals surface area contributed by atoms with E-state index >= 15 is 0 Å². The summed E-state index contributed by atoms with van der Waals surface area (Å²) in [7, 11) is 3.04. The van der Waals surface area contributed by atoms with Gasteiger partial charge in [0.25, 0.3) is 5.56 Å². The summed E-state index contributed by atoms with van der Waals surface area (Å²) < 4.78 is 38.5. The number of carbonyl (C=O) groups is 1. The molecule has 8 heteroatoms. The largest absolute Gasteiger partial charge is 0.417 e. The van der Waals surface area contributed by atoms with Crippen LogP contribution in [0.2, 0.25) is 5.02 Å². The molecule has 1 aromatic rings. The Balaban J connectivity index is 3.04. The minimum atomic E-state index is -4.59. The van der Waals surface area contributed by atoms with Crippen LogP contribution in [0.15, 0.2) is 17.1 Å². The molecule has 0 fully saturated rings. The van der Waals surface area contributed by atoms with Gasteiger partial charge in [0, 0.05) is 33.3 Å². The molecule has 0 unspecified atom stereocenters. The predicted molar refractivity (Wildman–Crippen MR) is 64.0 cm³/mol. The Morgan fingerprint density at radius 3 is 2.47 bits per heavy atom. The Kier molecular flexibility index (Phi) is 4.62. The van der Waals surface area contributed by atoms with Crippen molar-refractivity contribution in [1.82, 2.24) is 9.47 Å². The summed E-state index contributed by atoms with van der Waals surface area (Å²) in [5, 5.41) is -0.521. The molecule has 0 aliphatic rings. The molecule has 0 aliphatic carbocycles. The van der Waals surface area contributed by atoms with Gasteiger partial charge in [-0.05, 0) is 6.07 Å². The highest BCUT2D eigenvalue weighted by molar-refractivity contribution is 6.30. The van der Waals surface area contributed by atoms with Crippen molar-refractivity contribution in [1.29, 1.82) is 0 Å². The molecule has 0 bridgehead atoms. The monoisotopic (exact) mass is 296 g/mol. The summed E-state index contributed by atoms with van der Waals surface area (Å²) in [6, 6.07) is 0.578. The topological polar surface area (TPSA) is 42.3 Å². The van der Waals surface area contributed by atoms with Gasteiger partial charge in [-0.3, -0.25) is 9.59 Å². The Morgan fingerprint density at radius 2 is 2.00 bits per heavy atom. The molecule has 1 heterocycles. The smallest absolute Gasteiger partial charge is 0.349 e. The van der Waals surface area contributed by atoms with Crippen molar-refractivity contribution in [3.05, 3.63) is 33.2 Å². The molecule has 0 N–H and O–H groups in total. The SMILES string of the molecule is CN(C)C(=O)CCn1cc(C(F)(F)F)cc(Cl)c1=O. The van der Waals surface area contributed by atoms with E-state index in [2.05, 4.69) is 0 Å². The number of halogens is 4. The lowest BCUT2D eigenvalue weighted by Gasteiger charge is -2.13. The van der Waals surface area contributed by atoms with E-state index in [-0.39, 0.29) is 18.9 Å². The molecule has 4 nitrogen and oxygen atoms in total. The van der Waals surface area contributed by atoms with Gasteiger partial charge in [-0.1, -0.05) is 11.6 Å². The molecule has 0 radical (unpaired) electrons. The molecule has 0 spiro atoms. The molecule has 0 aliphatic heterocycles. The second-order valence-corrected chi connectivity index (χ2v) is 4.52. The summed E-state index contributed by atoms with van der Waals surface area (Å²) in [6.07, 6.45) is -4.01. The molecule has 0 saturated heterocycles. The molecular formula is C11H12ClF3N2O2. The van der Waals surface area contributed by atoms with Gasteiger partial charge in [-0.15, -0.1) is 0 Å². The van der Waals surface area contributed by atoms with Crippen molar-refractivity contribution >= 4 is 17.5 Å². The number of rotatable bonds is 3. The molecule has 0 atom stereocenters. The van der Waals surface area contributed by atoms with Crippen LogP contribution in [0, 0.1) is 0 Å². The number of hydrogen-bond acceptors (Lipinski definition) is 2. The first-order chi connectivity index (χ1) is 8.62. The third-order valence-electron chi connectivity index (χ3n) is 2.44. The van der Waals surface area contributed by atoms with Crippen LogP contribution < -0.4 is 5.56 Å². The zero-order valence-corrected chi connectivity index (χ0v) is 11.0. The van der Waals surface area contributed by atoms with Crippen LogP contribution >= 0.6 is 11.6 Å². The Labute approximate surface area is 112 Å². The maximum Gasteiger partial charge on any atom is 0.417 e. The average molecular weight is 297 g/mol. The second-order valence-electron chi connectivity index (χ2n) is 4.11. The Hall–Kier alpha value is -1.50. The van der Waals surface area contributed by atoms with Crippen molar-refractivity contribution in [3.63, 3.8) is 0 Å². The van der Waals surface area contributed by atoms with Crippen molar-refractivity contribution in [3.8, 4) is 0 Å². The van der Waals surface area contributed by atoms with Crippen LogP contribution in [-0.4, -0.2) is 29.5 Å². The lowest BCUT2D eigenvalue weighted by Crippen LogP contribution is -2.27. The van der Waals surface area contributed by atoms with Crippen LogP contribution in [0.4, 0.5) is 13.2 Å². The van der Waals surface area contributed by atoms with Crippen LogP contribution in [0.1, 0.15) is 12.0 Å². The number of aryl methyl sites for hydroxylation is 1. The highest BCUT2D eigenvalue weighted by atomic mass is 35.5. The van der Waals surface area contributed by atoms with Crippen LogP contribution in [-0.2, 0) is 17.5 Å². The number of nitrogens with zero attached hydrogens (tertiary/aromatic N) is 2. The standard InChI is InChI=1S/C11H12ClF3N2O2/c1-16(2)9(18)3-4-17-6-7(11(13,14)15)5-8(12)10(17)19/h5-6H,3-4H2,1-2H3. The maximum absolute atomic E-state index is 12.6. The summed E-state index contributed by atoms with van der Waals surface area (Å²) in [6.45, 7) is -0.153. The van der Waals surface area contributed by atoms with Gasteiger partial charge >= 0.3 is 6.18 Å². The van der Waals surface area contributed by atoms with Crippen molar-refractivity contribution in [2.45, 2.75) is 19.1 Å². The minimum absolute atomic E-state index is 0.0788. The number of carbonyl (C=O) groups excluding carboxylic acids is 1. The van der Waals surface area contributed by atoms with E-state index in [1.165, 1.54) is 19.0 Å². The minimum Gasteiger partial charge on any atom is -0.349 e. The number of aromatic nitrogens is 1. The number of alkyl halides is 3. The third kappa shape index (κ3) is 3.99. The van der Waals surface area contributed by atoms with E-state index in [0.29, 0.717) is 12.3 Å². The molecule has 1 rings (SSSR count). The van der Waals surface area contributed by atoms with E-state index in [1.54, 1.807) is 0 Å². The lowest BCUT2D eigenvalue weighted by atomic mass is 10.2. The molecule has 1 aromatic heterocycles. The predicted octanol–water partition coefficient (Wildman–Crippen LogP) is 2.00. The summed E-state index contributed by atoms with van der Waals surface area (Å²) in [5.41, 5.74) is -1.77. The third-order valence-corrected chi connectivity index (χ3v) is 2.71. The van der Waals surface area contributed by atoms with Gasteiger partial charge in [-0.2, -0.15) is 13.2 Å². The maximum atomic E-state index is 12.6. The average Bonchev–Trinajstić information content (AvgIpc) is 2.28. The van der Waals surface area contributed by atoms with E-state index in [9.17, 15) is 22.8 Å². The molecular weight excluding hydrogens is 285 g/mol. The van der Waals surface area contributed by atoms with Gasteiger partial charge in [-0.25, -0.2) is 0 Å². The quantitative estimate of drug-likeness (QED) is 0.856. The molecule has 19 heavy (non-hydrogen) atoms. The van der Waals surface area contributed by atoms with Gasteiger partial charge < -0.3 is 9.47 Å². The van der Waals surface area contributed by atoms with Gasteiger partial charge in [0.2, 0.25) is 5.91 Å². The van der Waals surface area contributed by atoms with Crippen molar-refractivity contribution in [2.75, 3.05) is 14.1 Å². The number of pyridine rings is 1. The zero-order chi connectivity index (χ0) is 14.8. The first-order valence-electron chi connectivity index (χ1n) is 5.30. The Morgan fingerprint density at radius 1 is 1.42 bits per heavy atom. The molecule has 1 amide bonds. The van der Waals surface area contributed by atoms with Crippen molar-refractivity contribution in [2.24, 2.45) is 0 Å². The molecule has 0 saturated carbocycles. The van der Waals surface area contributed by atoms with Crippen LogP contribution in [0.5, 0.6) is 0 Å². The highest BCUT2D eigenvalue weighted by Gasteiger charge is 2.32. The normalized spacial score (nSPS) is 11.5. The van der Waals surface area contributed by atoms with E-state index in [4.69, 9.17) is 11.6 Å². The summed E-state index contributed by atoms with van der Waals surface area (Å²) >= 11 is 5.47. The van der Waals surface area contributed by atoms with Crippen LogP contribution in [0.3, 0.4) is 0 Å². The van der Waals surface area contributed by atoms with Gasteiger partial charge in [0.15, 0.2) is 0 Å². The fourth-order valence-electron chi connectivity index (χ4n) is 1.36. The van der Waals surface area contributed by atoms with E-state index < -0.39 is 22.3 Å². The fourth-order valence-corrected chi connectivity index (χ4v) is 1.59. The fraction of sp³-hybridized carbons (Fsp3) is 0.455. The summed E-state index contributed by atoms with van der Waals surface area (Å²) in [4.78, 5) is 24.2. The number of hydrogen-bond donors (Lipinski definition) is 0.